The van der Waals surface area contributed by atoms with Crippen molar-refractivity contribution in [1.29, 1.82) is 0 Å². The van der Waals surface area contributed by atoms with Crippen molar-refractivity contribution in [2.45, 2.75) is 6.92 Å². The Balaban J connectivity index is 1.95. The molecule has 0 unspecified atom stereocenters. The zero-order chi connectivity index (χ0) is 14.2. The maximum Gasteiger partial charge on any atom is 0.271 e. The fourth-order valence-corrected chi connectivity index (χ4v) is 1.53. The lowest BCUT2D eigenvalue weighted by Crippen LogP contribution is -2.18. The molecule has 0 radical (unpaired) electrons. The summed E-state index contributed by atoms with van der Waals surface area (Å²) in [5.41, 5.74) is 4.84. The molecule has 1 N–H and O–H groups in total. The molecule has 1 aromatic heterocycles. The molecule has 4 nitrogen and oxygen atoms in total. The number of amides is 1. The molecule has 1 amide bonds. The van der Waals surface area contributed by atoms with Gasteiger partial charge in [-0.3, -0.25) is 9.78 Å². The summed E-state index contributed by atoms with van der Waals surface area (Å²) in [4.78, 5) is 15.6. The lowest BCUT2D eigenvalue weighted by Gasteiger charge is -1.99. The van der Waals surface area contributed by atoms with Crippen LogP contribution in [-0.2, 0) is 0 Å². The number of benzene rings is 1. The minimum Gasteiger partial charge on any atom is -0.267 e. The lowest BCUT2D eigenvalue weighted by atomic mass is 10.2. The van der Waals surface area contributed by atoms with Crippen molar-refractivity contribution in [1.82, 2.24) is 10.4 Å². The van der Waals surface area contributed by atoms with Gasteiger partial charge in [0.1, 0.15) is 0 Å². The number of rotatable bonds is 4. The minimum atomic E-state index is -0.250. The Bertz CT molecular complexity index is 619. The summed E-state index contributed by atoms with van der Waals surface area (Å²) in [6, 6.07) is 13.2. The highest BCUT2D eigenvalue weighted by Crippen LogP contribution is 2.01. The van der Waals surface area contributed by atoms with Crippen LogP contribution in [0.25, 0.3) is 6.08 Å². The highest BCUT2D eigenvalue weighted by atomic mass is 16.2. The Morgan fingerprint density at radius 3 is 2.55 bits per heavy atom. The average molecular weight is 265 g/mol. The molecule has 20 heavy (non-hydrogen) atoms. The van der Waals surface area contributed by atoms with Crippen LogP contribution in [0.5, 0.6) is 0 Å². The van der Waals surface area contributed by atoms with Crippen molar-refractivity contribution < 1.29 is 4.79 Å². The van der Waals surface area contributed by atoms with Crippen LogP contribution in [0.2, 0.25) is 0 Å². The van der Waals surface area contributed by atoms with Crippen LogP contribution in [-0.4, -0.2) is 16.6 Å². The molecular formula is C16H15N3O. The first-order valence-electron chi connectivity index (χ1n) is 6.23. The van der Waals surface area contributed by atoms with E-state index in [1.165, 1.54) is 0 Å². The van der Waals surface area contributed by atoms with Crippen LogP contribution < -0.4 is 5.43 Å². The molecule has 0 aliphatic carbocycles. The molecule has 1 aromatic carbocycles. The van der Waals surface area contributed by atoms with Crippen molar-refractivity contribution in [3.05, 3.63) is 72.1 Å². The fourth-order valence-electron chi connectivity index (χ4n) is 1.53. The topological polar surface area (TPSA) is 54.4 Å². The second-order valence-electron chi connectivity index (χ2n) is 4.17. The van der Waals surface area contributed by atoms with Gasteiger partial charge in [-0.2, -0.15) is 5.10 Å². The number of aromatic nitrogens is 1. The van der Waals surface area contributed by atoms with Gasteiger partial charge < -0.3 is 0 Å². The number of hydrogen-bond acceptors (Lipinski definition) is 3. The van der Waals surface area contributed by atoms with E-state index >= 15 is 0 Å². The van der Waals surface area contributed by atoms with Crippen LogP contribution in [0.4, 0.5) is 0 Å². The van der Waals surface area contributed by atoms with E-state index in [0.717, 1.165) is 11.3 Å². The maximum absolute atomic E-state index is 11.8. The maximum atomic E-state index is 11.8. The number of hydrazone groups is 1. The van der Waals surface area contributed by atoms with E-state index in [4.69, 9.17) is 0 Å². The summed E-state index contributed by atoms with van der Waals surface area (Å²) in [7, 11) is 0. The Hall–Kier alpha value is -2.75. The van der Waals surface area contributed by atoms with Crippen LogP contribution in [0.3, 0.4) is 0 Å². The molecule has 0 aliphatic rings. The Morgan fingerprint density at radius 1 is 1.15 bits per heavy atom. The molecular weight excluding hydrogens is 250 g/mol. The summed E-state index contributed by atoms with van der Waals surface area (Å²) in [5.74, 6) is -0.250. The molecule has 0 aliphatic heterocycles. The molecule has 0 saturated heterocycles. The standard InChI is InChI=1S/C16H15N3O/c1-13(7-8-14-5-3-2-4-6-14)18-19-16(20)15-9-11-17-12-10-15/h2-12H,1H3,(H,19,20)/b8-7-,18-13-. The monoisotopic (exact) mass is 265 g/mol. The zero-order valence-electron chi connectivity index (χ0n) is 11.2. The Morgan fingerprint density at radius 2 is 1.85 bits per heavy atom. The summed E-state index contributed by atoms with van der Waals surface area (Å²) < 4.78 is 0. The average Bonchev–Trinajstić information content (AvgIpc) is 2.52. The van der Waals surface area contributed by atoms with Gasteiger partial charge in [0.15, 0.2) is 0 Å². The first-order chi connectivity index (χ1) is 9.75. The second kappa shape index (κ2) is 6.99. The highest BCUT2D eigenvalue weighted by Gasteiger charge is 2.02. The van der Waals surface area contributed by atoms with Crippen molar-refractivity contribution in [2.75, 3.05) is 0 Å². The van der Waals surface area contributed by atoms with Crippen molar-refractivity contribution in [3.63, 3.8) is 0 Å². The van der Waals surface area contributed by atoms with E-state index in [-0.39, 0.29) is 5.91 Å². The molecule has 2 rings (SSSR count). The molecule has 1 heterocycles. The zero-order valence-corrected chi connectivity index (χ0v) is 11.2. The number of allylic oxidation sites excluding steroid dienone is 1. The van der Waals surface area contributed by atoms with E-state index < -0.39 is 0 Å². The first kappa shape index (κ1) is 13.7. The normalized spacial score (nSPS) is 11.6. The molecule has 2 aromatic rings. The third kappa shape index (κ3) is 4.17. The smallest absolute Gasteiger partial charge is 0.267 e. The van der Waals surface area contributed by atoms with Crippen molar-refractivity contribution in [3.8, 4) is 0 Å². The highest BCUT2D eigenvalue weighted by molar-refractivity contribution is 5.99. The first-order valence-corrected chi connectivity index (χ1v) is 6.23. The number of carbonyl (C=O) groups excluding carboxylic acids is 1. The third-order valence-electron chi connectivity index (χ3n) is 2.59. The quantitative estimate of drug-likeness (QED) is 0.682. The summed E-state index contributed by atoms with van der Waals surface area (Å²) >= 11 is 0. The predicted octanol–water partition coefficient (Wildman–Crippen LogP) is 2.90. The van der Waals surface area contributed by atoms with Gasteiger partial charge in [-0.1, -0.05) is 36.4 Å². The third-order valence-corrected chi connectivity index (χ3v) is 2.59. The van der Waals surface area contributed by atoms with Crippen LogP contribution in [0.1, 0.15) is 22.8 Å². The van der Waals surface area contributed by atoms with Gasteiger partial charge in [0.05, 0.1) is 5.71 Å². The summed E-state index contributed by atoms with van der Waals surface area (Å²) in [6.07, 6.45) is 6.93. The van der Waals surface area contributed by atoms with Gasteiger partial charge in [0, 0.05) is 18.0 Å². The molecule has 0 fully saturated rings. The van der Waals surface area contributed by atoms with E-state index in [1.807, 2.05) is 49.4 Å². The number of nitrogens with zero attached hydrogens (tertiary/aromatic N) is 2. The molecule has 0 atom stereocenters. The fraction of sp³-hybridized carbons (Fsp3) is 0.0625. The summed E-state index contributed by atoms with van der Waals surface area (Å²) in [6.45, 7) is 1.83. The van der Waals surface area contributed by atoms with Crippen molar-refractivity contribution in [2.24, 2.45) is 5.10 Å². The number of hydrogen-bond donors (Lipinski definition) is 1. The number of carbonyl (C=O) groups is 1. The minimum absolute atomic E-state index is 0.250. The van der Waals surface area contributed by atoms with Crippen LogP contribution >= 0.6 is 0 Å². The molecule has 0 saturated carbocycles. The molecule has 0 bridgehead atoms. The lowest BCUT2D eigenvalue weighted by molar-refractivity contribution is 0.0954. The predicted molar refractivity (Wildman–Crippen MR) is 80.3 cm³/mol. The SMILES string of the molecule is CC(/C=C\c1ccccc1)=N/NC(=O)c1ccncc1. The van der Waals surface area contributed by atoms with Crippen molar-refractivity contribution >= 4 is 17.7 Å². The van der Waals surface area contributed by atoms with Crippen LogP contribution in [0, 0.1) is 0 Å². The number of nitrogens with one attached hydrogen (secondary N) is 1. The molecule has 0 spiro atoms. The van der Waals surface area contributed by atoms with E-state index in [1.54, 1.807) is 24.5 Å². The van der Waals surface area contributed by atoms with Gasteiger partial charge in [0.25, 0.3) is 5.91 Å². The van der Waals surface area contributed by atoms with Gasteiger partial charge in [-0.05, 0) is 30.7 Å². The van der Waals surface area contributed by atoms with E-state index in [9.17, 15) is 4.79 Å². The van der Waals surface area contributed by atoms with E-state index in [0.29, 0.717) is 5.56 Å². The van der Waals surface area contributed by atoms with E-state index in [2.05, 4.69) is 15.5 Å². The van der Waals surface area contributed by atoms with Gasteiger partial charge in [0.2, 0.25) is 0 Å². The number of pyridine rings is 1. The van der Waals surface area contributed by atoms with Crippen LogP contribution in [0.15, 0.2) is 66.0 Å². The second-order valence-corrected chi connectivity index (χ2v) is 4.17. The van der Waals surface area contributed by atoms with Gasteiger partial charge in [-0.15, -0.1) is 0 Å². The van der Waals surface area contributed by atoms with Gasteiger partial charge >= 0.3 is 0 Å². The van der Waals surface area contributed by atoms with Gasteiger partial charge in [-0.25, -0.2) is 5.43 Å². The largest absolute Gasteiger partial charge is 0.271 e. The molecule has 4 heteroatoms. The Kier molecular flexibility index (Phi) is 4.78. The summed E-state index contributed by atoms with van der Waals surface area (Å²) in [5, 5.41) is 4.03. The molecule has 100 valence electrons. The Labute approximate surface area is 117 Å².